The number of guanidine groups is 1. The first-order valence-corrected chi connectivity index (χ1v) is 10.3. The SMILES string of the molecule is C=NC(=N/C=C(\C)c1nnc(C(F)F)o1)Nc1cc(-c2ccccc2)c2ncn(C(=O)NC)c2c1. The Bertz CT molecular complexity index is 1440. The minimum Gasteiger partial charge on any atom is -0.415 e. The molecular formula is C23H20F2N8O2. The third-order valence-electron chi connectivity index (χ3n) is 4.92. The van der Waals surface area contributed by atoms with Crippen LogP contribution in [0.25, 0.3) is 27.7 Å². The average molecular weight is 478 g/mol. The number of nitrogens with zero attached hydrogens (tertiary/aromatic N) is 6. The minimum atomic E-state index is -2.86. The zero-order valence-corrected chi connectivity index (χ0v) is 18.7. The summed E-state index contributed by atoms with van der Waals surface area (Å²) >= 11 is 0. The van der Waals surface area contributed by atoms with E-state index < -0.39 is 12.3 Å². The smallest absolute Gasteiger partial charge is 0.327 e. The molecule has 0 atom stereocenters. The van der Waals surface area contributed by atoms with Gasteiger partial charge in [0.1, 0.15) is 6.33 Å². The Morgan fingerprint density at radius 1 is 1.23 bits per heavy atom. The number of alkyl halides is 2. The average Bonchev–Trinajstić information content (AvgIpc) is 3.54. The minimum absolute atomic E-state index is 0.0882. The van der Waals surface area contributed by atoms with E-state index in [-0.39, 0.29) is 17.9 Å². The molecular weight excluding hydrogens is 458 g/mol. The second kappa shape index (κ2) is 10.0. The van der Waals surface area contributed by atoms with Crippen molar-refractivity contribution < 1.29 is 18.0 Å². The Kier molecular flexibility index (Phi) is 6.71. The number of halogens is 2. The zero-order chi connectivity index (χ0) is 24.9. The third kappa shape index (κ3) is 4.95. The van der Waals surface area contributed by atoms with Crippen LogP contribution in [0.5, 0.6) is 0 Å². The predicted molar refractivity (Wildman–Crippen MR) is 129 cm³/mol. The highest BCUT2D eigenvalue weighted by atomic mass is 19.3. The number of imidazole rings is 1. The number of hydrogen-bond acceptors (Lipinski definition) is 6. The molecule has 0 saturated heterocycles. The van der Waals surface area contributed by atoms with Crippen LogP contribution in [0.3, 0.4) is 0 Å². The Labute approximate surface area is 198 Å². The lowest BCUT2D eigenvalue weighted by molar-refractivity contribution is 0.114. The van der Waals surface area contributed by atoms with Crippen molar-refractivity contribution in [1.29, 1.82) is 0 Å². The zero-order valence-electron chi connectivity index (χ0n) is 18.7. The molecule has 10 nitrogen and oxygen atoms in total. The van der Waals surface area contributed by atoms with E-state index in [0.717, 1.165) is 11.1 Å². The van der Waals surface area contributed by atoms with Gasteiger partial charge in [-0.1, -0.05) is 30.3 Å². The summed E-state index contributed by atoms with van der Waals surface area (Å²) < 4.78 is 31.7. The first kappa shape index (κ1) is 23.4. The molecule has 0 unspecified atom stereocenters. The molecule has 12 heteroatoms. The number of aromatic nitrogens is 4. The number of carbonyl (C=O) groups excluding carboxylic acids is 1. The summed E-state index contributed by atoms with van der Waals surface area (Å²) in [6.07, 6.45) is -0.0768. The van der Waals surface area contributed by atoms with Gasteiger partial charge in [0.25, 0.3) is 5.89 Å². The fourth-order valence-corrected chi connectivity index (χ4v) is 3.25. The maximum absolute atomic E-state index is 12.7. The Morgan fingerprint density at radius 3 is 2.66 bits per heavy atom. The van der Waals surface area contributed by atoms with Gasteiger partial charge in [-0.25, -0.2) is 19.8 Å². The topological polar surface area (TPSA) is 123 Å². The number of benzene rings is 2. The standard InChI is InChI=1S/C23H20F2N8O2/c1-13(20-31-32-21(35-20)19(24)25)11-28-22(26-2)30-15-9-16(14-7-5-4-6-8-14)18-17(10-15)33(12-29-18)23(34)27-3/h4-12,19H,2H2,1,3H3,(H,27,34)(H,28,30)/b13-11+. The van der Waals surface area contributed by atoms with E-state index in [2.05, 4.69) is 42.5 Å². The number of allylic oxidation sites excluding steroid dienone is 1. The predicted octanol–water partition coefficient (Wildman–Crippen LogP) is 4.74. The van der Waals surface area contributed by atoms with Gasteiger partial charge in [-0.3, -0.25) is 4.57 Å². The summed E-state index contributed by atoms with van der Waals surface area (Å²) in [7, 11) is 1.53. The highest BCUT2D eigenvalue weighted by Gasteiger charge is 2.17. The van der Waals surface area contributed by atoms with Crippen molar-refractivity contribution >= 4 is 41.0 Å². The lowest BCUT2D eigenvalue weighted by Gasteiger charge is -2.10. The number of carbonyl (C=O) groups is 1. The van der Waals surface area contributed by atoms with Gasteiger partial charge in [0.05, 0.1) is 11.0 Å². The number of hydrogen-bond donors (Lipinski definition) is 2. The van der Waals surface area contributed by atoms with E-state index in [9.17, 15) is 13.6 Å². The van der Waals surface area contributed by atoms with E-state index in [1.54, 1.807) is 13.0 Å². The molecule has 4 rings (SSSR count). The number of anilines is 1. The third-order valence-corrected chi connectivity index (χ3v) is 4.92. The molecule has 35 heavy (non-hydrogen) atoms. The van der Waals surface area contributed by atoms with Gasteiger partial charge in [0.2, 0.25) is 11.9 Å². The molecule has 0 radical (unpaired) electrons. The van der Waals surface area contributed by atoms with Crippen LogP contribution in [-0.2, 0) is 0 Å². The highest BCUT2D eigenvalue weighted by Crippen LogP contribution is 2.31. The van der Waals surface area contributed by atoms with Crippen LogP contribution in [0.1, 0.15) is 25.1 Å². The molecule has 0 aliphatic rings. The summed E-state index contributed by atoms with van der Waals surface area (Å²) in [5, 5.41) is 12.5. The molecule has 0 spiro atoms. The van der Waals surface area contributed by atoms with Crippen molar-refractivity contribution in [3.8, 4) is 11.1 Å². The maximum Gasteiger partial charge on any atom is 0.327 e. The van der Waals surface area contributed by atoms with Crippen LogP contribution in [-0.4, -0.2) is 45.5 Å². The van der Waals surface area contributed by atoms with Crippen molar-refractivity contribution in [3.05, 3.63) is 66.8 Å². The number of fused-ring (bicyclic) bond motifs is 1. The molecule has 0 aliphatic heterocycles. The number of amides is 1. The van der Waals surface area contributed by atoms with E-state index >= 15 is 0 Å². The fraction of sp³-hybridized carbons (Fsp3) is 0.130. The molecule has 0 fully saturated rings. The fourth-order valence-electron chi connectivity index (χ4n) is 3.25. The van der Waals surface area contributed by atoms with Crippen LogP contribution < -0.4 is 10.6 Å². The van der Waals surface area contributed by atoms with Gasteiger partial charge in [-0.2, -0.15) is 8.78 Å². The lowest BCUT2D eigenvalue weighted by atomic mass is 10.0. The van der Waals surface area contributed by atoms with Crippen molar-refractivity contribution in [2.45, 2.75) is 13.3 Å². The molecule has 178 valence electrons. The molecule has 2 heterocycles. The van der Waals surface area contributed by atoms with E-state index in [1.165, 1.54) is 24.1 Å². The number of aliphatic imine (C=N–C) groups is 2. The summed E-state index contributed by atoms with van der Waals surface area (Å²) in [6, 6.07) is 12.8. The van der Waals surface area contributed by atoms with Crippen molar-refractivity contribution in [2.75, 3.05) is 12.4 Å². The normalized spacial score (nSPS) is 12.3. The molecule has 0 saturated carbocycles. The number of rotatable bonds is 5. The van der Waals surface area contributed by atoms with Crippen LogP contribution >= 0.6 is 0 Å². The van der Waals surface area contributed by atoms with Crippen LogP contribution in [0, 0.1) is 0 Å². The van der Waals surface area contributed by atoms with Gasteiger partial charge in [0.15, 0.2) is 0 Å². The monoisotopic (exact) mass is 478 g/mol. The summed E-state index contributed by atoms with van der Waals surface area (Å²) in [6.45, 7) is 5.10. The number of nitrogens with one attached hydrogen (secondary N) is 2. The Balaban J connectivity index is 1.72. The summed E-state index contributed by atoms with van der Waals surface area (Å²) in [5.41, 5.74) is 3.80. The van der Waals surface area contributed by atoms with E-state index in [4.69, 9.17) is 4.42 Å². The quantitative estimate of drug-likeness (QED) is 0.316. The van der Waals surface area contributed by atoms with Gasteiger partial charge >= 0.3 is 12.5 Å². The summed E-state index contributed by atoms with van der Waals surface area (Å²) in [5.74, 6) is -0.747. The Hall–Kier alpha value is -4.74. The highest BCUT2D eigenvalue weighted by molar-refractivity contribution is 6.03. The maximum atomic E-state index is 12.7. The molecule has 2 aromatic carbocycles. The molecule has 0 aliphatic carbocycles. The first-order chi connectivity index (χ1) is 16.9. The van der Waals surface area contributed by atoms with Crippen molar-refractivity contribution in [3.63, 3.8) is 0 Å². The molecule has 2 aromatic heterocycles. The van der Waals surface area contributed by atoms with Crippen LogP contribution in [0.2, 0.25) is 0 Å². The second-order valence-corrected chi connectivity index (χ2v) is 7.22. The first-order valence-electron chi connectivity index (χ1n) is 10.3. The van der Waals surface area contributed by atoms with Crippen molar-refractivity contribution in [1.82, 2.24) is 25.1 Å². The van der Waals surface area contributed by atoms with Gasteiger partial charge in [-0.05, 0) is 31.3 Å². The Morgan fingerprint density at radius 2 is 2.00 bits per heavy atom. The lowest BCUT2D eigenvalue weighted by Crippen LogP contribution is -2.23. The summed E-state index contributed by atoms with van der Waals surface area (Å²) in [4.78, 5) is 24.9. The van der Waals surface area contributed by atoms with E-state index in [1.807, 2.05) is 36.4 Å². The molecule has 2 N–H and O–H groups in total. The van der Waals surface area contributed by atoms with Gasteiger partial charge in [-0.15, -0.1) is 10.2 Å². The molecule has 0 bridgehead atoms. The van der Waals surface area contributed by atoms with Gasteiger partial charge < -0.3 is 15.1 Å². The van der Waals surface area contributed by atoms with Gasteiger partial charge in [0, 0.05) is 30.1 Å². The molecule has 4 aromatic rings. The van der Waals surface area contributed by atoms with Crippen molar-refractivity contribution in [2.24, 2.45) is 9.98 Å². The second-order valence-electron chi connectivity index (χ2n) is 7.22. The largest absolute Gasteiger partial charge is 0.415 e. The molecule has 1 amide bonds. The van der Waals surface area contributed by atoms with Crippen LogP contribution in [0.15, 0.2) is 69.4 Å². The van der Waals surface area contributed by atoms with Crippen LogP contribution in [0.4, 0.5) is 19.3 Å². The van der Waals surface area contributed by atoms with E-state index in [0.29, 0.717) is 22.3 Å².